The molecule has 33 nitrogen and oxygen atoms in total. The van der Waals surface area contributed by atoms with Crippen LogP contribution in [0.2, 0.25) is 0 Å². The van der Waals surface area contributed by atoms with Crippen LogP contribution in [-0.4, -0.2) is 278 Å². The second-order valence-corrected chi connectivity index (χ2v) is 59.0. The molecule has 0 radical (unpaired) electrons. The highest BCUT2D eigenvalue weighted by molar-refractivity contribution is 7.85. The molecular formula is C107H199ClN10O23S4. The van der Waals surface area contributed by atoms with Gasteiger partial charge in [0, 0.05) is 82.8 Å². The van der Waals surface area contributed by atoms with Crippen molar-refractivity contribution in [1.29, 1.82) is 0 Å². The maximum Gasteiger partial charge on any atom is 0.519 e. The second-order valence-electron chi connectivity index (χ2n) is 51.0. The van der Waals surface area contributed by atoms with Gasteiger partial charge in [-0.1, -0.05) is 26.5 Å². The number of nitrogens with one attached hydrogen (secondary N) is 6. The number of nitrogens with zero attached hydrogens (tertiary/aromatic N) is 3. The first-order valence-electron chi connectivity index (χ1n) is 53.7. The number of piperidine rings is 5. The van der Waals surface area contributed by atoms with Crippen molar-refractivity contribution in [2.45, 2.75) is 514 Å². The Labute approximate surface area is 889 Å². The number of aliphatic hydroxyl groups excluding tert-OH is 1. The normalized spacial score (nSPS) is 26.5. The van der Waals surface area contributed by atoms with Crippen molar-refractivity contribution in [3.8, 4) is 0 Å². The number of aliphatic hydroxyl groups is 1. The largest absolute Gasteiger partial charge is 0.519 e. The molecule has 8 saturated carbocycles. The fraction of sp³-hybridized carbons (Fsp3) is 0.907. The van der Waals surface area contributed by atoms with Crippen LogP contribution >= 0.6 is 12.4 Å². The predicted octanol–water partition coefficient (Wildman–Crippen LogP) is 19.0. The first-order chi connectivity index (χ1) is 66.4. The summed E-state index contributed by atoms with van der Waals surface area (Å²) in [5.74, 6) is -0.211. The fourth-order valence-electron chi connectivity index (χ4n) is 20.1. The van der Waals surface area contributed by atoms with E-state index in [0.717, 1.165) is 123 Å². The van der Waals surface area contributed by atoms with E-state index in [4.69, 9.17) is 53.1 Å². The van der Waals surface area contributed by atoms with Crippen LogP contribution in [0.3, 0.4) is 0 Å². The smallest absolute Gasteiger partial charge is 0.502 e. The number of halogens is 1. The third-order valence-electron chi connectivity index (χ3n) is 28.1. The summed E-state index contributed by atoms with van der Waals surface area (Å²) in [7, 11) is -4.41. The van der Waals surface area contributed by atoms with Gasteiger partial charge in [-0.15, -0.1) is 12.4 Å². The molecule has 3 amide bonds. The molecule has 13 aliphatic rings. The zero-order chi connectivity index (χ0) is 108. The van der Waals surface area contributed by atoms with Gasteiger partial charge < -0.3 is 93.0 Å². The van der Waals surface area contributed by atoms with E-state index >= 15 is 0 Å². The van der Waals surface area contributed by atoms with Gasteiger partial charge in [-0.3, -0.25) is 4.79 Å². The number of nitrogens with two attached hydrogens (primary N) is 1. The van der Waals surface area contributed by atoms with E-state index in [1.807, 2.05) is 150 Å². The number of likely N-dealkylation sites (tertiary alicyclic amines) is 3. The molecule has 145 heavy (non-hydrogen) atoms. The molecule has 38 heteroatoms. The number of hydrogen-bond acceptors (Lipinski definition) is 26. The van der Waals surface area contributed by atoms with Crippen molar-refractivity contribution < 1.29 is 108 Å². The molecule has 5 saturated heterocycles. The standard InChI is InChI=1S/C21H38N2O4S.C20H36N2O4S.C18H34N2O4S.C16H30N2O2S.C12H22N2O.C10H18O5.C6H12O.C4H8O2.ClH/c1-19(2,3)27-18(24)23-11-9-21(10-12-23)14-16(26-15-7-8-15)13-17(21)22-28(25)20(4,5)6;1-8-25-15-13-16(21-27(24)19(5,6)7)20(14-15)9-11-22(12-10-20)17(23)26-18(2,3)4;1-16(2,3)24-15(22)20-9-7-18(8-10-20)12-13(21)11-14(18)19-25(23)17(4,5)6;1-15(2,3)21(19)18-14-10-13(20-12-4-5-12)11-16(14)6-8-17-9-7-16;13-11-7-10(15-9-1-2-9)8-12(11)3-5-14-6-4-12;1-9(2,3)14-7(11)13-8(12)15-10(4,5)6;1-3-5-6-7-4-2;1-3-6-4(2)5;/h15-17,22H,7-14H2,1-6H3;8,15-16,21H,1,9-14H2,2-7H3;13-14,19,21H,7-12H2,1-6H3;12-14,17-18H,4-11H2,1-3H3;9-11,14H,1-8,13H2;1-6H3;4H,2-3,5-6H2,1H3;3H2,1-2H3;1H/t16-,17+,28+;15-,16+,27+;13-,14+,25+;13-,14+,21+;10-,11+;;;;/m00000..../s1. The Morgan fingerprint density at radius 3 is 0.938 bits per heavy atom. The van der Waals surface area contributed by atoms with Crippen molar-refractivity contribution in [3.05, 3.63) is 25.7 Å². The summed E-state index contributed by atoms with van der Waals surface area (Å²) in [6.45, 7) is 72.9. The fourth-order valence-corrected chi connectivity index (χ4v) is 23.9. The third kappa shape index (κ3) is 46.4. The van der Waals surface area contributed by atoms with E-state index in [1.165, 1.54) is 96.5 Å². The van der Waals surface area contributed by atoms with Crippen molar-refractivity contribution in [2.24, 2.45) is 32.8 Å². The van der Waals surface area contributed by atoms with Gasteiger partial charge in [0.2, 0.25) is 0 Å². The topological polar surface area (TPSA) is 410 Å². The third-order valence-corrected chi connectivity index (χ3v) is 34.6. The van der Waals surface area contributed by atoms with Gasteiger partial charge >= 0.3 is 36.6 Å². The first-order valence-corrected chi connectivity index (χ1v) is 58.3. The lowest BCUT2D eigenvalue weighted by Crippen LogP contribution is -2.52. The predicted molar refractivity (Wildman–Crippen MR) is 580 cm³/mol. The maximum absolute atomic E-state index is 12.8. The average molecular weight is 2160 g/mol. The van der Waals surface area contributed by atoms with Crippen LogP contribution in [0.15, 0.2) is 25.7 Å². The van der Waals surface area contributed by atoms with Crippen LogP contribution in [0.25, 0.3) is 0 Å². The number of hydrogen-bond donors (Lipinski definition) is 8. The summed E-state index contributed by atoms with van der Waals surface area (Å²) < 4.78 is 127. The zero-order valence-corrected chi connectivity index (χ0v) is 98.8. The molecule has 13 rings (SSSR count). The average Bonchev–Trinajstić information content (AvgIpc) is 1.68. The van der Waals surface area contributed by atoms with Crippen LogP contribution in [0.5, 0.6) is 0 Å². The van der Waals surface area contributed by atoms with Crippen LogP contribution in [0, 0.1) is 27.1 Å². The van der Waals surface area contributed by atoms with E-state index in [1.54, 1.807) is 58.3 Å². The number of unbranched alkanes of at least 4 members (excludes halogenated alkanes) is 1. The minimum absolute atomic E-state index is 0. The van der Waals surface area contributed by atoms with E-state index in [2.05, 4.69) is 59.1 Å². The summed E-state index contributed by atoms with van der Waals surface area (Å²) in [5.41, 5.74) is 4.08. The van der Waals surface area contributed by atoms with E-state index in [-0.39, 0.29) is 114 Å². The van der Waals surface area contributed by atoms with Crippen molar-refractivity contribution in [2.75, 3.05) is 78.7 Å². The summed E-state index contributed by atoms with van der Waals surface area (Å²) in [5, 5.41) is 17.1. The van der Waals surface area contributed by atoms with Gasteiger partial charge in [0.25, 0.3) is 0 Å². The lowest BCUT2D eigenvalue weighted by atomic mass is 9.74. The van der Waals surface area contributed by atoms with Crippen LogP contribution < -0.4 is 35.3 Å². The summed E-state index contributed by atoms with van der Waals surface area (Å²) >= 11 is 0. The number of ether oxygens (including phenoxy) is 12. The first kappa shape index (κ1) is 131. The number of amides is 3. The zero-order valence-electron chi connectivity index (χ0n) is 94.7. The van der Waals surface area contributed by atoms with Gasteiger partial charge in [0.05, 0.1) is 138 Å². The quantitative estimate of drug-likeness (QED) is 0.0174. The Bertz CT molecular complexity index is 4060. The van der Waals surface area contributed by atoms with Crippen molar-refractivity contribution in [3.63, 3.8) is 0 Å². The van der Waals surface area contributed by atoms with E-state index in [0.29, 0.717) is 107 Å². The van der Waals surface area contributed by atoms with Gasteiger partial charge in [-0.2, -0.15) is 0 Å². The molecular weight excluding hydrogens is 1960 g/mol. The molecule has 0 aromatic heterocycles. The number of rotatable bonds is 21. The van der Waals surface area contributed by atoms with Gasteiger partial charge in [-0.05, 0) is 414 Å². The SMILES string of the molecule is C=COCCCC.C=CO[C@H]1C[C@@H](N[S@](=O)C(C)(C)C)C2(CCN(C(=O)OC(C)(C)C)CC2)C1.CC(C)(C)OC(=O)N1CCC2(CC1)C[C@@H](O)C[C@H]2N[S@](=O)C(C)(C)C.CC(C)(C)OC(=O)N1CCC2(CC1)C[C@@H](OC1CC1)C[C@H]2N[S@](=O)C(C)(C)C.CC(C)(C)OC(=O)OC(=O)OC(C)(C)C.CC(C)(C)[S@@](=O)N[C@@H]1C[C@H](OC2CC2)CC12CCNCC2.CCOC(C)=O.Cl.N[C@@H]1C[C@H](OC2CC2)CC12CCNCC2. The Kier molecular flexibility index (Phi) is 51.1. The number of carbonyl (C=O) groups is 6. The molecule has 14 atom stereocenters. The van der Waals surface area contributed by atoms with Crippen LogP contribution in [0.4, 0.5) is 24.0 Å². The molecule has 5 aliphatic heterocycles. The highest BCUT2D eigenvalue weighted by atomic mass is 35.5. The summed E-state index contributed by atoms with van der Waals surface area (Å²) in [4.78, 5) is 74.3. The lowest BCUT2D eigenvalue weighted by Gasteiger charge is -2.43. The molecule has 0 unspecified atom stereocenters. The molecule has 0 bridgehead atoms. The minimum Gasteiger partial charge on any atom is -0.502 e. The Morgan fingerprint density at radius 2 is 0.669 bits per heavy atom. The molecule has 5 heterocycles. The second kappa shape index (κ2) is 56.6. The van der Waals surface area contributed by atoms with Crippen LogP contribution in [0.1, 0.15) is 387 Å². The Balaban J connectivity index is 0.000000301. The Hall–Kier alpha value is -4.45. The molecule has 846 valence electrons. The molecule has 8 aliphatic carbocycles. The molecule has 13 fully saturated rings. The van der Waals surface area contributed by atoms with Gasteiger partial charge in [0.1, 0.15) is 28.0 Å². The van der Waals surface area contributed by atoms with Gasteiger partial charge in [-0.25, -0.2) is 59.7 Å². The van der Waals surface area contributed by atoms with Crippen LogP contribution in [-0.2, 0) is 106 Å². The summed E-state index contributed by atoms with van der Waals surface area (Å²) in [6.07, 6.45) is 31.4. The monoisotopic (exact) mass is 2160 g/mol. The van der Waals surface area contributed by atoms with Gasteiger partial charge in [0.15, 0.2) is 0 Å². The number of esters is 1. The molecule has 0 aromatic carbocycles. The van der Waals surface area contributed by atoms with E-state index in [9.17, 15) is 50.7 Å². The highest BCUT2D eigenvalue weighted by Gasteiger charge is 2.57. The molecule has 0 aromatic rings. The lowest BCUT2D eigenvalue weighted by molar-refractivity contribution is -0.140. The Morgan fingerprint density at radius 1 is 0.393 bits per heavy atom. The van der Waals surface area contributed by atoms with Crippen molar-refractivity contribution >= 4 is 92.9 Å². The highest BCUT2D eigenvalue weighted by Crippen LogP contribution is 2.54. The van der Waals surface area contributed by atoms with E-state index < -0.39 is 84.3 Å². The maximum atomic E-state index is 12.8. The molecule has 5 spiro atoms. The van der Waals surface area contributed by atoms with Crippen molar-refractivity contribution in [1.82, 2.24) is 44.2 Å². The minimum atomic E-state index is -1.17. The molecule has 9 N–H and O–H groups in total. The number of carbonyl (C=O) groups excluding carboxylic acids is 6. The summed E-state index contributed by atoms with van der Waals surface area (Å²) in [6, 6.07) is 0.996.